The van der Waals surface area contributed by atoms with Gasteiger partial charge < -0.3 is 10.4 Å². The molecule has 4 nitrogen and oxygen atoms in total. The van der Waals surface area contributed by atoms with Gasteiger partial charge in [0.1, 0.15) is 5.00 Å². The van der Waals surface area contributed by atoms with Crippen LogP contribution in [-0.4, -0.2) is 17.0 Å². The lowest BCUT2D eigenvalue weighted by Crippen LogP contribution is -2.24. The average molecular weight is 269 g/mol. The van der Waals surface area contributed by atoms with E-state index in [0.29, 0.717) is 5.00 Å². The van der Waals surface area contributed by atoms with Crippen LogP contribution in [0.3, 0.4) is 0 Å². The molecule has 0 radical (unpaired) electrons. The maximum absolute atomic E-state index is 11.9. The number of carbonyl (C=O) groups excluding carboxylic acids is 1. The molecule has 0 fully saturated rings. The van der Waals surface area contributed by atoms with E-state index in [0.717, 1.165) is 11.3 Å². The Balaban J connectivity index is 2.93. The molecule has 0 aliphatic carbocycles. The first kappa shape index (κ1) is 14.7. The molecule has 1 atom stereocenters. The Morgan fingerprint density at radius 1 is 1.39 bits per heavy atom. The van der Waals surface area contributed by atoms with Crippen LogP contribution in [0.1, 0.15) is 42.9 Å². The Labute approximate surface area is 111 Å². The second-order valence-corrected chi connectivity index (χ2v) is 5.77. The molecule has 0 spiro atoms. The third-order valence-corrected chi connectivity index (χ3v) is 4.21. The maximum atomic E-state index is 11.9. The molecule has 1 heterocycles. The second-order valence-electron chi connectivity index (χ2n) is 4.64. The van der Waals surface area contributed by atoms with Crippen molar-refractivity contribution >= 4 is 28.2 Å². The number of hydrogen-bond donors (Lipinski definition) is 2. The van der Waals surface area contributed by atoms with Gasteiger partial charge in [0.2, 0.25) is 5.91 Å². The first-order valence-corrected chi connectivity index (χ1v) is 6.85. The van der Waals surface area contributed by atoms with Crippen molar-refractivity contribution in [1.82, 2.24) is 0 Å². The Hall–Kier alpha value is -1.36. The number of carboxylic acids is 1. The summed E-state index contributed by atoms with van der Waals surface area (Å²) in [5, 5.41) is 12.3. The minimum absolute atomic E-state index is 0.128. The number of aromatic carboxylic acids is 1. The molecule has 0 aliphatic rings. The third-order valence-electron chi connectivity index (χ3n) is 3.01. The lowest BCUT2D eigenvalue weighted by molar-refractivity contribution is -0.120. The number of aryl methyl sites for hydroxylation is 1. The van der Waals surface area contributed by atoms with Gasteiger partial charge in [-0.15, -0.1) is 11.3 Å². The van der Waals surface area contributed by atoms with Crippen LogP contribution in [0, 0.1) is 11.8 Å². The molecular formula is C13H19NO3S. The van der Waals surface area contributed by atoms with Gasteiger partial charge in [-0.3, -0.25) is 4.79 Å². The van der Waals surface area contributed by atoms with E-state index in [-0.39, 0.29) is 23.3 Å². The molecule has 0 saturated heterocycles. The monoisotopic (exact) mass is 269 g/mol. The van der Waals surface area contributed by atoms with E-state index < -0.39 is 5.97 Å². The summed E-state index contributed by atoms with van der Waals surface area (Å²) in [6.45, 7) is 7.73. The van der Waals surface area contributed by atoms with Crippen LogP contribution in [0.25, 0.3) is 0 Å². The van der Waals surface area contributed by atoms with Crippen molar-refractivity contribution < 1.29 is 14.7 Å². The van der Waals surface area contributed by atoms with Crippen LogP contribution in [0.15, 0.2) is 6.07 Å². The molecule has 2 N–H and O–H groups in total. The van der Waals surface area contributed by atoms with Gasteiger partial charge in [-0.25, -0.2) is 4.79 Å². The number of thiophene rings is 1. The predicted octanol–water partition coefficient (Wildman–Crippen LogP) is 3.24. The highest BCUT2D eigenvalue weighted by molar-refractivity contribution is 7.16. The van der Waals surface area contributed by atoms with E-state index in [1.807, 2.05) is 27.7 Å². The van der Waals surface area contributed by atoms with Crippen LogP contribution in [0.2, 0.25) is 0 Å². The number of carboxylic acid groups (broad SMARTS) is 1. The Morgan fingerprint density at radius 2 is 2.00 bits per heavy atom. The highest BCUT2D eigenvalue weighted by atomic mass is 32.1. The minimum Gasteiger partial charge on any atom is -0.478 e. The smallest absolute Gasteiger partial charge is 0.338 e. The van der Waals surface area contributed by atoms with E-state index in [1.54, 1.807) is 6.07 Å². The van der Waals surface area contributed by atoms with E-state index in [9.17, 15) is 9.59 Å². The van der Waals surface area contributed by atoms with Crippen molar-refractivity contribution in [2.45, 2.75) is 34.1 Å². The molecule has 0 aromatic carbocycles. The van der Waals surface area contributed by atoms with Crippen LogP contribution in [0.4, 0.5) is 5.00 Å². The quantitative estimate of drug-likeness (QED) is 0.862. The van der Waals surface area contributed by atoms with Gasteiger partial charge in [-0.2, -0.15) is 0 Å². The first-order chi connectivity index (χ1) is 8.36. The van der Waals surface area contributed by atoms with E-state index >= 15 is 0 Å². The summed E-state index contributed by atoms with van der Waals surface area (Å²) < 4.78 is 0. The number of rotatable bonds is 5. The van der Waals surface area contributed by atoms with Crippen molar-refractivity contribution in [3.05, 3.63) is 16.5 Å². The van der Waals surface area contributed by atoms with Gasteiger partial charge in [0.05, 0.1) is 5.56 Å². The predicted molar refractivity (Wildman–Crippen MR) is 73.3 cm³/mol. The van der Waals surface area contributed by atoms with Gasteiger partial charge in [0, 0.05) is 10.8 Å². The zero-order valence-electron chi connectivity index (χ0n) is 11.1. The van der Waals surface area contributed by atoms with Crippen molar-refractivity contribution in [1.29, 1.82) is 0 Å². The van der Waals surface area contributed by atoms with E-state index in [2.05, 4.69) is 5.32 Å². The Kier molecular flexibility index (Phi) is 4.90. The number of amides is 1. The van der Waals surface area contributed by atoms with Crippen molar-refractivity contribution in [2.75, 3.05) is 5.32 Å². The Morgan fingerprint density at radius 3 is 2.44 bits per heavy atom. The third kappa shape index (κ3) is 3.32. The lowest BCUT2D eigenvalue weighted by atomic mass is 9.97. The van der Waals surface area contributed by atoms with Crippen molar-refractivity contribution in [3.8, 4) is 0 Å². The molecule has 1 aromatic heterocycles. The summed E-state index contributed by atoms with van der Waals surface area (Å²) in [4.78, 5) is 24.0. The largest absolute Gasteiger partial charge is 0.478 e. The minimum atomic E-state index is -1.00. The SMILES string of the molecule is CCc1cc(C(=O)O)c(NC(=O)C(C)C(C)C)s1. The molecule has 0 aliphatic heterocycles. The molecule has 0 saturated carbocycles. The van der Waals surface area contributed by atoms with Crippen LogP contribution in [0.5, 0.6) is 0 Å². The summed E-state index contributed by atoms with van der Waals surface area (Å²) in [5.74, 6) is -1.04. The molecule has 1 rings (SSSR count). The zero-order valence-corrected chi connectivity index (χ0v) is 11.9. The highest BCUT2D eigenvalue weighted by Gasteiger charge is 2.21. The zero-order chi connectivity index (χ0) is 13.9. The van der Waals surface area contributed by atoms with Crippen LogP contribution < -0.4 is 5.32 Å². The molecule has 1 amide bonds. The number of anilines is 1. The van der Waals surface area contributed by atoms with E-state index in [1.165, 1.54) is 11.3 Å². The van der Waals surface area contributed by atoms with Gasteiger partial charge in [-0.05, 0) is 18.4 Å². The summed E-state index contributed by atoms with van der Waals surface area (Å²) in [7, 11) is 0. The van der Waals surface area contributed by atoms with Gasteiger partial charge in [0.25, 0.3) is 0 Å². The average Bonchev–Trinajstić information content (AvgIpc) is 2.71. The van der Waals surface area contributed by atoms with Crippen molar-refractivity contribution in [2.24, 2.45) is 11.8 Å². The molecule has 1 aromatic rings. The topological polar surface area (TPSA) is 66.4 Å². The molecular weight excluding hydrogens is 250 g/mol. The van der Waals surface area contributed by atoms with Crippen molar-refractivity contribution in [3.63, 3.8) is 0 Å². The molecule has 1 unspecified atom stereocenters. The fourth-order valence-corrected chi connectivity index (χ4v) is 2.39. The van der Waals surface area contributed by atoms with Crippen LogP contribution >= 0.6 is 11.3 Å². The highest BCUT2D eigenvalue weighted by Crippen LogP contribution is 2.29. The second kappa shape index (κ2) is 6.00. The summed E-state index contributed by atoms with van der Waals surface area (Å²) in [6, 6.07) is 1.63. The molecule has 0 bridgehead atoms. The van der Waals surface area contributed by atoms with Gasteiger partial charge >= 0.3 is 5.97 Å². The standard InChI is InChI=1S/C13H19NO3S/c1-5-9-6-10(13(16)17)12(18-9)14-11(15)8(4)7(2)3/h6-8H,5H2,1-4H3,(H,14,15)(H,16,17). The molecule has 5 heteroatoms. The summed E-state index contributed by atoms with van der Waals surface area (Å²) >= 11 is 1.33. The summed E-state index contributed by atoms with van der Waals surface area (Å²) in [6.07, 6.45) is 0.764. The number of carbonyl (C=O) groups is 2. The molecule has 18 heavy (non-hydrogen) atoms. The fourth-order valence-electron chi connectivity index (χ4n) is 1.40. The van der Waals surface area contributed by atoms with Gasteiger partial charge in [0.15, 0.2) is 0 Å². The Bertz CT molecular complexity index is 451. The van der Waals surface area contributed by atoms with E-state index in [4.69, 9.17) is 5.11 Å². The van der Waals surface area contributed by atoms with Crippen LogP contribution in [-0.2, 0) is 11.2 Å². The maximum Gasteiger partial charge on any atom is 0.338 e. The molecule has 100 valence electrons. The number of hydrogen-bond acceptors (Lipinski definition) is 3. The number of nitrogens with one attached hydrogen (secondary N) is 1. The van der Waals surface area contributed by atoms with Gasteiger partial charge in [-0.1, -0.05) is 27.7 Å². The lowest BCUT2D eigenvalue weighted by Gasteiger charge is -2.14. The first-order valence-electron chi connectivity index (χ1n) is 6.03. The fraction of sp³-hybridized carbons (Fsp3) is 0.538. The normalized spacial score (nSPS) is 12.5. The summed E-state index contributed by atoms with van der Waals surface area (Å²) in [5.41, 5.74) is 0.182.